The molecule has 0 radical (unpaired) electrons. The molecule has 4 rings (SSSR count). The lowest BCUT2D eigenvalue weighted by molar-refractivity contribution is -0.134. The smallest absolute Gasteiger partial charge is 0.410 e. The lowest BCUT2D eigenvalue weighted by Crippen LogP contribution is -2.42. The first kappa shape index (κ1) is 26.6. The van der Waals surface area contributed by atoms with Gasteiger partial charge in [0.05, 0.1) is 31.3 Å². The van der Waals surface area contributed by atoms with Gasteiger partial charge in [0.15, 0.2) is 11.6 Å². The van der Waals surface area contributed by atoms with Gasteiger partial charge in [0.2, 0.25) is 17.7 Å². The first-order valence-electron chi connectivity index (χ1n) is 12.6. The van der Waals surface area contributed by atoms with Crippen LogP contribution in [0.5, 0.6) is 17.5 Å². The SMILES string of the molecule is Cc1c(Oc2ccc(CC(=O)N3CCOCC3)cc2F)ncnc1OC1CCN(C(=O)OC(C)C)CC1. The van der Waals surface area contributed by atoms with Gasteiger partial charge in [0.25, 0.3) is 0 Å². The topological polar surface area (TPSA) is 103 Å². The molecule has 2 aliphatic rings. The number of ether oxygens (including phenoxy) is 4. The zero-order chi connectivity index (χ0) is 26.4. The van der Waals surface area contributed by atoms with Gasteiger partial charge in [-0.15, -0.1) is 0 Å². The number of carbonyl (C=O) groups excluding carboxylic acids is 2. The number of hydrogen-bond acceptors (Lipinski definition) is 8. The summed E-state index contributed by atoms with van der Waals surface area (Å²) in [6.45, 7) is 8.55. The molecule has 2 amide bonds. The van der Waals surface area contributed by atoms with Crippen molar-refractivity contribution in [3.05, 3.63) is 41.5 Å². The Morgan fingerprint density at radius 2 is 1.78 bits per heavy atom. The van der Waals surface area contributed by atoms with E-state index in [2.05, 4.69) is 9.97 Å². The second-order valence-corrected chi connectivity index (χ2v) is 9.38. The number of halogens is 1. The molecule has 0 unspecified atom stereocenters. The van der Waals surface area contributed by atoms with Crippen molar-refractivity contribution in [1.29, 1.82) is 0 Å². The molecule has 2 saturated heterocycles. The van der Waals surface area contributed by atoms with Gasteiger partial charge in [0.1, 0.15) is 12.4 Å². The van der Waals surface area contributed by atoms with Crippen LogP contribution in [0, 0.1) is 12.7 Å². The number of likely N-dealkylation sites (tertiary alicyclic amines) is 1. The highest BCUT2D eigenvalue weighted by atomic mass is 19.1. The molecule has 0 atom stereocenters. The fraction of sp³-hybridized carbons (Fsp3) is 0.538. The molecule has 0 spiro atoms. The number of carbonyl (C=O) groups is 2. The van der Waals surface area contributed by atoms with Crippen molar-refractivity contribution in [3.8, 4) is 17.5 Å². The molecule has 10 nitrogen and oxygen atoms in total. The van der Waals surface area contributed by atoms with Gasteiger partial charge in [0, 0.05) is 39.0 Å². The number of rotatable bonds is 7. The van der Waals surface area contributed by atoms with Crippen molar-refractivity contribution in [1.82, 2.24) is 19.8 Å². The minimum absolute atomic E-state index is 0.00713. The fourth-order valence-corrected chi connectivity index (χ4v) is 4.17. The third-order valence-electron chi connectivity index (χ3n) is 6.23. The van der Waals surface area contributed by atoms with Gasteiger partial charge < -0.3 is 28.7 Å². The van der Waals surface area contributed by atoms with Crippen LogP contribution in [-0.2, 0) is 20.7 Å². The van der Waals surface area contributed by atoms with Crippen LogP contribution in [0.1, 0.15) is 37.8 Å². The highest BCUT2D eigenvalue weighted by molar-refractivity contribution is 5.79. The van der Waals surface area contributed by atoms with Crippen LogP contribution in [0.2, 0.25) is 0 Å². The second kappa shape index (κ2) is 12.2. The van der Waals surface area contributed by atoms with Crippen molar-refractivity contribution in [2.75, 3.05) is 39.4 Å². The minimum atomic E-state index is -0.589. The molecule has 0 aliphatic carbocycles. The van der Waals surface area contributed by atoms with E-state index >= 15 is 0 Å². The van der Waals surface area contributed by atoms with Crippen molar-refractivity contribution >= 4 is 12.0 Å². The summed E-state index contributed by atoms with van der Waals surface area (Å²) in [5.74, 6) is -0.131. The van der Waals surface area contributed by atoms with E-state index in [9.17, 15) is 14.0 Å². The number of aromatic nitrogens is 2. The van der Waals surface area contributed by atoms with Crippen molar-refractivity contribution in [2.24, 2.45) is 0 Å². The lowest BCUT2D eigenvalue weighted by Gasteiger charge is -2.31. The zero-order valence-corrected chi connectivity index (χ0v) is 21.4. The van der Waals surface area contributed by atoms with Crippen LogP contribution in [0.15, 0.2) is 24.5 Å². The molecule has 2 aliphatic heterocycles. The molecule has 2 aromatic rings. The van der Waals surface area contributed by atoms with Crippen molar-refractivity contribution < 1.29 is 32.9 Å². The average molecular weight is 517 g/mol. The van der Waals surface area contributed by atoms with E-state index in [-0.39, 0.29) is 42.3 Å². The molecule has 3 heterocycles. The second-order valence-electron chi connectivity index (χ2n) is 9.38. The molecule has 0 bridgehead atoms. The quantitative estimate of drug-likeness (QED) is 0.551. The van der Waals surface area contributed by atoms with E-state index in [1.54, 1.807) is 22.8 Å². The number of benzene rings is 1. The zero-order valence-electron chi connectivity index (χ0n) is 21.4. The summed E-state index contributed by atoms with van der Waals surface area (Å²) in [4.78, 5) is 36.3. The van der Waals surface area contributed by atoms with Gasteiger partial charge in [-0.2, -0.15) is 0 Å². The van der Waals surface area contributed by atoms with E-state index in [1.807, 2.05) is 13.8 Å². The average Bonchev–Trinajstić information content (AvgIpc) is 2.88. The van der Waals surface area contributed by atoms with E-state index in [0.717, 1.165) is 0 Å². The third kappa shape index (κ3) is 7.06. The van der Waals surface area contributed by atoms with Crippen LogP contribution in [0.25, 0.3) is 0 Å². The Kier molecular flexibility index (Phi) is 8.75. The van der Waals surface area contributed by atoms with Crippen LogP contribution in [-0.4, -0.2) is 83.4 Å². The summed E-state index contributed by atoms with van der Waals surface area (Å²) >= 11 is 0. The Hall–Kier alpha value is -3.47. The van der Waals surface area contributed by atoms with Crippen LogP contribution in [0.4, 0.5) is 9.18 Å². The first-order valence-corrected chi connectivity index (χ1v) is 12.6. The molecule has 1 aromatic carbocycles. The third-order valence-corrected chi connectivity index (χ3v) is 6.23. The summed E-state index contributed by atoms with van der Waals surface area (Å²) in [5.41, 5.74) is 1.10. The molecule has 37 heavy (non-hydrogen) atoms. The largest absolute Gasteiger partial charge is 0.474 e. The number of morpholine rings is 1. The van der Waals surface area contributed by atoms with E-state index in [4.69, 9.17) is 18.9 Å². The normalized spacial score (nSPS) is 16.6. The van der Waals surface area contributed by atoms with Crippen molar-refractivity contribution in [3.63, 3.8) is 0 Å². The molecule has 0 saturated carbocycles. The van der Waals surface area contributed by atoms with Crippen LogP contribution < -0.4 is 9.47 Å². The summed E-state index contributed by atoms with van der Waals surface area (Å²) in [6.07, 6.45) is 2.06. The standard InChI is InChI=1S/C26H33FN4O6/c1-17(2)35-26(33)31-8-6-20(7-9-31)36-24-18(3)25(29-16-28-24)37-22-5-4-19(14-21(22)27)15-23(32)30-10-12-34-13-11-30/h4-5,14,16-17,20H,6-13,15H2,1-3H3. The van der Waals surface area contributed by atoms with Gasteiger partial charge >= 0.3 is 6.09 Å². The molecule has 2 fully saturated rings. The predicted octanol–water partition coefficient (Wildman–Crippen LogP) is 3.51. The highest BCUT2D eigenvalue weighted by Crippen LogP contribution is 2.31. The minimum Gasteiger partial charge on any atom is -0.474 e. The van der Waals surface area contributed by atoms with E-state index < -0.39 is 5.82 Å². The molecule has 11 heteroatoms. The monoisotopic (exact) mass is 516 g/mol. The number of amides is 2. The maximum absolute atomic E-state index is 14.8. The van der Waals surface area contributed by atoms with Gasteiger partial charge in [-0.3, -0.25) is 4.79 Å². The predicted molar refractivity (Wildman–Crippen MR) is 131 cm³/mol. The molecule has 1 aromatic heterocycles. The Bertz CT molecular complexity index is 1100. The summed E-state index contributed by atoms with van der Waals surface area (Å²) in [5, 5.41) is 0. The lowest BCUT2D eigenvalue weighted by atomic mass is 10.1. The first-order chi connectivity index (χ1) is 17.8. The Balaban J connectivity index is 1.34. The van der Waals surface area contributed by atoms with Gasteiger partial charge in [-0.25, -0.2) is 19.2 Å². The maximum Gasteiger partial charge on any atom is 0.410 e. The Morgan fingerprint density at radius 3 is 2.46 bits per heavy atom. The fourth-order valence-electron chi connectivity index (χ4n) is 4.17. The highest BCUT2D eigenvalue weighted by Gasteiger charge is 2.26. The number of nitrogens with zero attached hydrogens (tertiary/aromatic N) is 4. The maximum atomic E-state index is 14.8. The number of hydrogen-bond donors (Lipinski definition) is 0. The summed E-state index contributed by atoms with van der Waals surface area (Å²) in [7, 11) is 0. The van der Waals surface area contributed by atoms with Crippen LogP contribution >= 0.6 is 0 Å². The Morgan fingerprint density at radius 1 is 1.08 bits per heavy atom. The van der Waals surface area contributed by atoms with Gasteiger partial charge in [-0.05, 0) is 38.5 Å². The summed E-state index contributed by atoms with van der Waals surface area (Å²) < 4.78 is 37.2. The molecule has 200 valence electrons. The summed E-state index contributed by atoms with van der Waals surface area (Å²) in [6, 6.07) is 4.47. The van der Waals surface area contributed by atoms with E-state index in [0.29, 0.717) is 69.2 Å². The molecular formula is C26H33FN4O6. The molecular weight excluding hydrogens is 483 g/mol. The number of piperidine rings is 1. The van der Waals surface area contributed by atoms with E-state index in [1.165, 1.54) is 18.5 Å². The van der Waals surface area contributed by atoms with Crippen LogP contribution in [0.3, 0.4) is 0 Å². The van der Waals surface area contributed by atoms with Gasteiger partial charge in [-0.1, -0.05) is 6.07 Å². The molecule has 0 N–H and O–H groups in total. The Labute approximate surface area is 215 Å². The van der Waals surface area contributed by atoms with Crippen molar-refractivity contribution in [2.45, 2.75) is 52.2 Å².